The van der Waals surface area contributed by atoms with Gasteiger partial charge in [0.2, 0.25) is 0 Å². The summed E-state index contributed by atoms with van der Waals surface area (Å²) in [6, 6.07) is 16.6. The van der Waals surface area contributed by atoms with Crippen LogP contribution >= 0.6 is 0 Å². The zero-order chi connectivity index (χ0) is 27.5. The molecule has 1 aromatic heterocycles. The summed E-state index contributed by atoms with van der Waals surface area (Å²) in [5, 5.41) is 14.0. The number of nitrogens with one attached hydrogen (secondary N) is 1. The summed E-state index contributed by atoms with van der Waals surface area (Å²) in [5.74, 6) is 0.792. The maximum atomic E-state index is 13.4. The molecule has 3 aromatic rings. The van der Waals surface area contributed by atoms with Crippen molar-refractivity contribution in [1.82, 2.24) is 15.2 Å². The monoisotopic (exact) mass is 536 g/mol. The Morgan fingerprint density at radius 3 is 2.70 bits per heavy atom. The summed E-state index contributed by atoms with van der Waals surface area (Å²) in [6.07, 6.45) is 7.60. The zero-order valence-electron chi connectivity index (χ0n) is 23.0. The van der Waals surface area contributed by atoms with Gasteiger partial charge in [-0.3, -0.25) is 14.7 Å². The highest BCUT2D eigenvalue weighted by Gasteiger charge is 2.47. The normalized spacial score (nSPS) is 29.6. The minimum absolute atomic E-state index is 0.0133. The van der Waals surface area contributed by atoms with Gasteiger partial charge in [0.15, 0.2) is 0 Å². The Morgan fingerprint density at radius 1 is 1.12 bits per heavy atom. The number of carbonyl (C=O) groups is 1. The highest BCUT2D eigenvalue weighted by atomic mass is 16.5. The van der Waals surface area contributed by atoms with Crippen molar-refractivity contribution >= 4 is 22.5 Å². The molecule has 0 spiro atoms. The van der Waals surface area contributed by atoms with Crippen LogP contribution in [0.15, 0.2) is 48.7 Å². The van der Waals surface area contributed by atoms with Crippen molar-refractivity contribution in [2.24, 2.45) is 5.73 Å². The Labute approximate surface area is 235 Å². The second kappa shape index (κ2) is 9.46. The van der Waals surface area contributed by atoms with Crippen LogP contribution < -0.4 is 20.7 Å². The summed E-state index contributed by atoms with van der Waals surface area (Å²) in [7, 11) is 0. The molecule has 206 valence electrons. The van der Waals surface area contributed by atoms with Gasteiger partial charge in [-0.1, -0.05) is 6.07 Å². The van der Waals surface area contributed by atoms with E-state index >= 15 is 0 Å². The van der Waals surface area contributed by atoms with Gasteiger partial charge in [0.05, 0.1) is 17.1 Å². The molecular formula is C32H36N6O2. The third-order valence-electron chi connectivity index (χ3n) is 9.96. The first kappa shape index (κ1) is 25.3. The predicted octanol–water partition coefficient (Wildman–Crippen LogP) is 4.11. The molecule has 3 N–H and O–H groups in total. The van der Waals surface area contributed by atoms with Crippen molar-refractivity contribution in [2.75, 3.05) is 24.6 Å². The fraction of sp³-hybridized carbons (Fsp3) is 0.469. The van der Waals surface area contributed by atoms with Crippen LogP contribution in [0.25, 0.3) is 10.9 Å². The Hall–Kier alpha value is -3.67. The maximum absolute atomic E-state index is 13.4. The summed E-state index contributed by atoms with van der Waals surface area (Å²) < 4.78 is 6.41. The van der Waals surface area contributed by atoms with E-state index in [0.29, 0.717) is 23.8 Å². The molecule has 3 saturated carbocycles. The fourth-order valence-electron chi connectivity index (χ4n) is 7.43. The number of piperazine rings is 1. The second-order valence-corrected chi connectivity index (χ2v) is 12.5. The van der Waals surface area contributed by atoms with E-state index in [2.05, 4.69) is 39.2 Å². The van der Waals surface area contributed by atoms with Crippen LogP contribution in [0.1, 0.15) is 66.9 Å². The minimum Gasteiger partial charge on any atom is -0.492 e. The van der Waals surface area contributed by atoms with Gasteiger partial charge < -0.3 is 20.7 Å². The number of ether oxygens (including phenoxy) is 1. The van der Waals surface area contributed by atoms with E-state index in [1.54, 1.807) is 6.20 Å². The maximum Gasteiger partial charge on any atom is 0.251 e. The Bertz CT molecular complexity index is 1510. The van der Waals surface area contributed by atoms with Gasteiger partial charge in [-0.2, -0.15) is 5.26 Å². The van der Waals surface area contributed by atoms with Crippen molar-refractivity contribution in [3.05, 3.63) is 65.4 Å². The number of fused-ring (bicyclic) bond motifs is 6. The second-order valence-electron chi connectivity index (χ2n) is 12.5. The van der Waals surface area contributed by atoms with Gasteiger partial charge in [-0.05, 0) is 81.8 Å². The van der Waals surface area contributed by atoms with Crippen LogP contribution in [0, 0.1) is 11.3 Å². The molecular weight excluding hydrogens is 500 g/mol. The first-order valence-electron chi connectivity index (χ1n) is 14.5. The van der Waals surface area contributed by atoms with Crippen molar-refractivity contribution in [3.8, 4) is 11.8 Å². The van der Waals surface area contributed by atoms with E-state index in [0.717, 1.165) is 86.1 Å². The summed E-state index contributed by atoms with van der Waals surface area (Å²) in [5.41, 5.74) is 10.6. The SMILES string of the molecule is C[C@H]1CN(c2ccc(C#N)c3ncccc23)C[C@H]2COc3cc(C(=O)NC45CCC(N)(CC4)CC5)ccc3CN21. The molecule has 40 heavy (non-hydrogen) atoms. The summed E-state index contributed by atoms with van der Waals surface area (Å²) in [4.78, 5) is 22.8. The molecule has 2 aromatic carbocycles. The average molecular weight is 537 g/mol. The van der Waals surface area contributed by atoms with E-state index in [-0.39, 0.29) is 23.0 Å². The number of amides is 1. The van der Waals surface area contributed by atoms with Crippen LogP contribution in [-0.2, 0) is 6.54 Å². The highest BCUT2D eigenvalue weighted by molar-refractivity contribution is 5.96. The van der Waals surface area contributed by atoms with Crippen LogP contribution in [0.3, 0.4) is 0 Å². The lowest BCUT2D eigenvalue weighted by molar-refractivity contribution is 0.0628. The number of nitrogens with two attached hydrogens (primary N) is 1. The lowest BCUT2D eigenvalue weighted by atomic mass is 9.62. The molecule has 5 aliphatic rings. The van der Waals surface area contributed by atoms with Crippen LogP contribution in [0.5, 0.6) is 5.75 Å². The number of hydrogen-bond donors (Lipinski definition) is 2. The topological polar surface area (TPSA) is 108 Å². The lowest BCUT2D eigenvalue weighted by Gasteiger charge is -2.52. The smallest absolute Gasteiger partial charge is 0.251 e. The van der Waals surface area contributed by atoms with E-state index in [1.165, 1.54) is 0 Å². The summed E-state index contributed by atoms with van der Waals surface area (Å²) >= 11 is 0. The average Bonchev–Trinajstić information content (AvgIpc) is 3.17. The number of pyridine rings is 1. The molecule has 8 heteroatoms. The molecule has 3 heterocycles. The van der Waals surface area contributed by atoms with E-state index in [4.69, 9.17) is 10.5 Å². The molecule has 0 unspecified atom stereocenters. The lowest BCUT2D eigenvalue weighted by Crippen LogP contribution is -2.61. The molecule has 8 rings (SSSR count). The van der Waals surface area contributed by atoms with Gasteiger partial charge in [0.25, 0.3) is 5.91 Å². The van der Waals surface area contributed by atoms with Gasteiger partial charge in [-0.25, -0.2) is 0 Å². The first-order chi connectivity index (χ1) is 19.4. The molecule has 1 amide bonds. The zero-order valence-corrected chi connectivity index (χ0v) is 23.0. The third-order valence-corrected chi connectivity index (χ3v) is 9.96. The van der Waals surface area contributed by atoms with E-state index in [9.17, 15) is 10.1 Å². The number of rotatable bonds is 3. The highest BCUT2D eigenvalue weighted by Crippen LogP contribution is 2.45. The quantitative estimate of drug-likeness (QED) is 0.519. The number of nitrogens with zero attached hydrogens (tertiary/aromatic N) is 4. The van der Waals surface area contributed by atoms with E-state index < -0.39 is 0 Å². The molecule has 3 aliphatic carbocycles. The predicted molar refractivity (Wildman–Crippen MR) is 154 cm³/mol. The first-order valence-corrected chi connectivity index (χ1v) is 14.5. The molecule has 4 fully saturated rings. The van der Waals surface area contributed by atoms with Crippen LogP contribution in [0.4, 0.5) is 5.69 Å². The molecule has 2 aliphatic heterocycles. The van der Waals surface area contributed by atoms with Gasteiger partial charge in [-0.15, -0.1) is 0 Å². The molecule has 2 bridgehead atoms. The Balaban J connectivity index is 1.09. The molecule has 1 saturated heterocycles. The van der Waals surface area contributed by atoms with E-state index in [1.807, 2.05) is 36.4 Å². The Kier molecular flexibility index (Phi) is 5.99. The van der Waals surface area contributed by atoms with Gasteiger partial charge >= 0.3 is 0 Å². The number of benzene rings is 2. The third kappa shape index (κ3) is 4.29. The standard InChI is InChI=1S/C32H36N6O2/c1-21-17-37(27-7-6-23(16-33)29-26(27)3-2-14-35-29)19-25-20-40-28-15-22(4-5-24(28)18-38(21)25)30(39)36-32-11-8-31(34,9-12-32)10-13-32/h2-7,14-15,21,25H,8-13,17-20,34H2,1H3,(H,36,39)/t21-,25-,31?,32?/m0/s1. The molecule has 8 nitrogen and oxygen atoms in total. The van der Waals surface area contributed by atoms with Crippen LogP contribution in [0.2, 0.25) is 0 Å². The number of aromatic nitrogens is 1. The van der Waals surface area contributed by atoms with Gasteiger partial charge in [0.1, 0.15) is 18.4 Å². The number of hydrogen-bond acceptors (Lipinski definition) is 7. The largest absolute Gasteiger partial charge is 0.492 e. The summed E-state index contributed by atoms with van der Waals surface area (Å²) in [6.45, 7) is 5.28. The van der Waals surface area contributed by atoms with Gasteiger partial charge in [0, 0.05) is 65.2 Å². The Morgan fingerprint density at radius 2 is 1.93 bits per heavy atom. The number of anilines is 1. The minimum atomic E-state index is -0.115. The number of carbonyl (C=O) groups excluding carboxylic acids is 1. The molecule has 0 radical (unpaired) electrons. The van der Waals surface area contributed by atoms with Crippen molar-refractivity contribution < 1.29 is 9.53 Å². The van der Waals surface area contributed by atoms with Crippen molar-refractivity contribution in [3.63, 3.8) is 0 Å². The van der Waals surface area contributed by atoms with Crippen molar-refractivity contribution in [1.29, 1.82) is 5.26 Å². The molecule has 2 atom stereocenters. The fourth-order valence-corrected chi connectivity index (χ4v) is 7.43. The number of nitriles is 1. The van der Waals surface area contributed by atoms with Crippen molar-refractivity contribution in [2.45, 2.75) is 75.2 Å². The van der Waals surface area contributed by atoms with Crippen LogP contribution in [-0.4, -0.2) is 58.6 Å².